The van der Waals surface area contributed by atoms with E-state index in [-0.39, 0.29) is 11.7 Å². The first-order valence-electron chi connectivity index (χ1n) is 7.85. The van der Waals surface area contributed by atoms with Crippen molar-refractivity contribution in [2.45, 2.75) is 27.2 Å². The Balaban J connectivity index is 2.40. The van der Waals surface area contributed by atoms with Crippen LogP contribution in [0.5, 0.6) is 0 Å². The van der Waals surface area contributed by atoms with Gasteiger partial charge in [0.05, 0.1) is 0 Å². The molecule has 0 aliphatic rings. The van der Waals surface area contributed by atoms with Gasteiger partial charge in [-0.25, -0.2) is 4.39 Å². The fourth-order valence-electron chi connectivity index (χ4n) is 2.44. The first-order chi connectivity index (χ1) is 11.0. The van der Waals surface area contributed by atoms with Gasteiger partial charge in [0.25, 0.3) is 0 Å². The monoisotopic (exact) mass is 311 g/mol. The van der Waals surface area contributed by atoms with Crippen molar-refractivity contribution in [3.8, 4) is 11.1 Å². The molecule has 23 heavy (non-hydrogen) atoms. The Morgan fingerprint density at radius 1 is 1.22 bits per heavy atom. The van der Waals surface area contributed by atoms with Crippen LogP contribution in [0.1, 0.15) is 31.4 Å². The predicted molar refractivity (Wildman–Crippen MR) is 93.5 cm³/mol. The van der Waals surface area contributed by atoms with E-state index in [0.29, 0.717) is 12.1 Å². The van der Waals surface area contributed by atoms with Crippen LogP contribution in [0.25, 0.3) is 17.2 Å². The topological polar surface area (TPSA) is 29.1 Å². The molecule has 2 aromatic rings. The van der Waals surface area contributed by atoms with E-state index in [4.69, 9.17) is 0 Å². The van der Waals surface area contributed by atoms with Crippen molar-refractivity contribution in [1.82, 2.24) is 5.32 Å². The Labute approximate surface area is 137 Å². The van der Waals surface area contributed by atoms with Crippen LogP contribution in [0, 0.1) is 12.7 Å². The third-order valence-electron chi connectivity index (χ3n) is 3.76. The van der Waals surface area contributed by atoms with Gasteiger partial charge in [-0.2, -0.15) is 0 Å². The summed E-state index contributed by atoms with van der Waals surface area (Å²) in [7, 11) is 0. The van der Waals surface area contributed by atoms with Gasteiger partial charge in [0.1, 0.15) is 5.82 Å². The summed E-state index contributed by atoms with van der Waals surface area (Å²) >= 11 is 0. The summed E-state index contributed by atoms with van der Waals surface area (Å²) in [5.74, 6) is -0.417. The van der Waals surface area contributed by atoms with Gasteiger partial charge in [0.15, 0.2) is 0 Å². The minimum absolute atomic E-state index is 0.114. The van der Waals surface area contributed by atoms with Crippen LogP contribution in [0.3, 0.4) is 0 Å². The Kier molecular flexibility index (Phi) is 5.69. The molecule has 2 nitrogen and oxygen atoms in total. The predicted octanol–water partition coefficient (Wildman–Crippen LogP) is 4.73. The van der Waals surface area contributed by atoms with Gasteiger partial charge in [-0.3, -0.25) is 4.79 Å². The van der Waals surface area contributed by atoms with Crippen LogP contribution in [0.2, 0.25) is 0 Å². The highest BCUT2D eigenvalue weighted by atomic mass is 19.1. The van der Waals surface area contributed by atoms with Gasteiger partial charge in [-0.05, 0) is 60.7 Å². The van der Waals surface area contributed by atoms with Crippen molar-refractivity contribution in [1.29, 1.82) is 0 Å². The number of carbonyl (C=O) groups excluding carboxylic acids is 1. The van der Waals surface area contributed by atoms with Crippen LogP contribution in [-0.2, 0) is 4.79 Å². The molecular formula is C20H22FNO. The lowest BCUT2D eigenvalue weighted by Crippen LogP contribution is -2.24. The van der Waals surface area contributed by atoms with Gasteiger partial charge in [-0.1, -0.05) is 37.3 Å². The average Bonchev–Trinajstić information content (AvgIpc) is 2.56. The Morgan fingerprint density at radius 3 is 2.57 bits per heavy atom. The number of rotatable bonds is 5. The molecule has 0 aliphatic carbocycles. The largest absolute Gasteiger partial charge is 0.352 e. The van der Waals surface area contributed by atoms with Crippen LogP contribution >= 0.6 is 0 Å². The SMILES string of the molecule is CCCNC(=O)/C(C)=C/c1cc(F)cc(-c2ccccc2)c1C. The number of nitrogens with one attached hydrogen (secondary N) is 1. The van der Waals surface area contributed by atoms with Gasteiger partial charge in [-0.15, -0.1) is 0 Å². The van der Waals surface area contributed by atoms with Gasteiger partial charge in [0.2, 0.25) is 5.91 Å². The lowest BCUT2D eigenvalue weighted by atomic mass is 9.95. The number of benzene rings is 2. The molecular weight excluding hydrogens is 289 g/mol. The van der Waals surface area contributed by atoms with Crippen molar-refractivity contribution in [3.05, 3.63) is 65.0 Å². The van der Waals surface area contributed by atoms with Crippen molar-refractivity contribution < 1.29 is 9.18 Å². The van der Waals surface area contributed by atoms with E-state index in [1.165, 1.54) is 12.1 Å². The van der Waals surface area contributed by atoms with E-state index in [0.717, 1.165) is 28.7 Å². The third-order valence-corrected chi connectivity index (χ3v) is 3.76. The van der Waals surface area contributed by atoms with Crippen LogP contribution in [-0.4, -0.2) is 12.5 Å². The zero-order chi connectivity index (χ0) is 16.8. The second kappa shape index (κ2) is 7.73. The van der Waals surface area contributed by atoms with Crippen molar-refractivity contribution >= 4 is 12.0 Å². The summed E-state index contributed by atoms with van der Waals surface area (Å²) in [5.41, 5.74) is 4.07. The summed E-state index contributed by atoms with van der Waals surface area (Å²) in [5, 5.41) is 2.83. The van der Waals surface area contributed by atoms with Crippen LogP contribution in [0.15, 0.2) is 48.0 Å². The lowest BCUT2D eigenvalue weighted by molar-refractivity contribution is -0.117. The van der Waals surface area contributed by atoms with Gasteiger partial charge < -0.3 is 5.32 Å². The van der Waals surface area contributed by atoms with Crippen LogP contribution in [0.4, 0.5) is 4.39 Å². The smallest absolute Gasteiger partial charge is 0.246 e. The molecule has 1 N–H and O–H groups in total. The maximum Gasteiger partial charge on any atom is 0.246 e. The molecule has 2 aromatic carbocycles. The van der Waals surface area contributed by atoms with E-state index in [2.05, 4.69) is 5.32 Å². The second-order valence-electron chi connectivity index (χ2n) is 5.62. The molecule has 1 amide bonds. The summed E-state index contributed by atoms with van der Waals surface area (Å²) in [6, 6.07) is 12.7. The van der Waals surface area contributed by atoms with E-state index in [1.807, 2.05) is 44.2 Å². The third kappa shape index (κ3) is 4.28. The molecule has 0 saturated heterocycles. The number of halogens is 1. The summed E-state index contributed by atoms with van der Waals surface area (Å²) < 4.78 is 14.0. The zero-order valence-corrected chi connectivity index (χ0v) is 13.8. The summed E-state index contributed by atoms with van der Waals surface area (Å²) in [6.45, 7) is 6.34. The van der Waals surface area contributed by atoms with E-state index in [9.17, 15) is 9.18 Å². The molecule has 120 valence electrons. The van der Waals surface area contributed by atoms with Gasteiger partial charge in [0, 0.05) is 12.1 Å². The first-order valence-corrected chi connectivity index (χ1v) is 7.85. The Hall–Kier alpha value is -2.42. The first kappa shape index (κ1) is 16.9. The molecule has 2 rings (SSSR count). The summed E-state index contributed by atoms with van der Waals surface area (Å²) in [4.78, 5) is 12.0. The van der Waals surface area contributed by atoms with E-state index < -0.39 is 0 Å². The van der Waals surface area contributed by atoms with Crippen molar-refractivity contribution in [2.75, 3.05) is 6.54 Å². The van der Waals surface area contributed by atoms with Gasteiger partial charge >= 0.3 is 0 Å². The highest BCUT2D eigenvalue weighted by molar-refractivity contribution is 5.97. The van der Waals surface area contributed by atoms with E-state index >= 15 is 0 Å². The minimum atomic E-state index is -0.303. The standard InChI is InChI=1S/C20H22FNO/c1-4-10-22-20(23)14(2)11-17-12-18(21)13-19(15(17)3)16-8-6-5-7-9-16/h5-9,11-13H,4,10H2,1-3H3,(H,22,23)/b14-11+. The number of hydrogen-bond acceptors (Lipinski definition) is 1. The molecule has 0 bridgehead atoms. The van der Waals surface area contributed by atoms with Crippen molar-refractivity contribution in [3.63, 3.8) is 0 Å². The molecule has 0 spiro atoms. The average molecular weight is 311 g/mol. The maximum atomic E-state index is 14.0. The quantitative estimate of drug-likeness (QED) is 0.795. The Bertz CT molecular complexity index is 720. The molecule has 0 radical (unpaired) electrons. The molecule has 0 saturated carbocycles. The normalized spacial score (nSPS) is 11.4. The summed E-state index contributed by atoms with van der Waals surface area (Å²) in [6.07, 6.45) is 2.63. The van der Waals surface area contributed by atoms with E-state index in [1.54, 1.807) is 13.0 Å². The molecule has 0 heterocycles. The molecule has 0 aromatic heterocycles. The molecule has 3 heteroatoms. The number of carbonyl (C=O) groups is 1. The highest BCUT2D eigenvalue weighted by Gasteiger charge is 2.10. The number of amides is 1. The fourth-order valence-corrected chi connectivity index (χ4v) is 2.44. The minimum Gasteiger partial charge on any atom is -0.352 e. The maximum absolute atomic E-state index is 14.0. The fraction of sp³-hybridized carbons (Fsp3) is 0.250. The van der Waals surface area contributed by atoms with Crippen LogP contribution < -0.4 is 5.32 Å². The van der Waals surface area contributed by atoms with Crippen molar-refractivity contribution in [2.24, 2.45) is 0 Å². The highest BCUT2D eigenvalue weighted by Crippen LogP contribution is 2.28. The molecule has 0 fully saturated rings. The molecule has 0 atom stereocenters. The second-order valence-corrected chi connectivity index (χ2v) is 5.62. The molecule has 0 aliphatic heterocycles. The lowest BCUT2D eigenvalue weighted by Gasteiger charge is -2.11. The number of hydrogen-bond donors (Lipinski definition) is 1. The zero-order valence-electron chi connectivity index (χ0n) is 13.8. The Morgan fingerprint density at radius 2 is 1.91 bits per heavy atom. The molecule has 0 unspecified atom stereocenters.